The summed E-state index contributed by atoms with van der Waals surface area (Å²) in [7, 11) is 0. The van der Waals surface area contributed by atoms with Crippen molar-refractivity contribution < 1.29 is 20.1 Å². The number of benzene rings is 1. The first-order valence-electron chi connectivity index (χ1n) is 4.74. The first kappa shape index (κ1) is 13.2. The summed E-state index contributed by atoms with van der Waals surface area (Å²) in [6, 6.07) is 4.63. The zero-order valence-electron chi connectivity index (χ0n) is 8.72. The van der Waals surface area contributed by atoms with Crippen LogP contribution < -0.4 is 0 Å². The van der Waals surface area contributed by atoms with Crippen LogP contribution in [0.1, 0.15) is 27.6 Å². The molecule has 2 unspecified atom stereocenters. The molecule has 0 aliphatic carbocycles. The fraction of sp³-hybridized carbons (Fsp3) is 0.364. The van der Waals surface area contributed by atoms with Crippen molar-refractivity contribution in [2.45, 2.75) is 19.1 Å². The molecule has 0 aliphatic heterocycles. The minimum Gasteiger partial charge on any atom is -0.478 e. The van der Waals surface area contributed by atoms with Crippen LogP contribution in [0.25, 0.3) is 0 Å². The van der Waals surface area contributed by atoms with Gasteiger partial charge < -0.3 is 15.3 Å². The molecule has 0 saturated heterocycles. The molecule has 2 atom stereocenters. The topological polar surface area (TPSA) is 77.8 Å². The van der Waals surface area contributed by atoms with E-state index >= 15 is 0 Å². The second-order valence-electron chi connectivity index (χ2n) is 3.49. The van der Waals surface area contributed by atoms with Crippen LogP contribution in [0.5, 0.6) is 0 Å². The van der Waals surface area contributed by atoms with Gasteiger partial charge in [0.05, 0.1) is 11.7 Å². The van der Waals surface area contributed by atoms with Gasteiger partial charge in [-0.05, 0) is 24.1 Å². The van der Waals surface area contributed by atoms with Crippen LogP contribution in [-0.4, -0.2) is 32.7 Å². The molecule has 4 nitrogen and oxygen atoms in total. The van der Waals surface area contributed by atoms with Gasteiger partial charge >= 0.3 is 5.97 Å². The molecule has 0 aromatic heterocycles. The molecule has 0 spiro atoms. The fourth-order valence-corrected chi connectivity index (χ4v) is 1.85. The molecule has 0 fully saturated rings. The molecule has 0 radical (unpaired) electrons. The molecule has 3 N–H and O–H groups in total. The minimum absolute atomic E-state index is 0.137. The van der Waals surface area contributed by atoms with Crippen molar-refractivity contribution in [1.29, 1.82) is 0 Å². The molecule has 16 heavy (non-hydrogen) atoms. The highest BCUT2D eigenvalue weighted by atomic mass is 79.9. The first-order valence-corrected chi connectivity index (χ1v) is 5.86. The van der Waals surface area contributed by atoms with E-state index < -0.39 is 18.2 Å². The minimum atomic E-state index is -1.08. The summed E-state index contributed by atoms with van der Waals surface area (Å²) in [5, 5.41) is 28.4. The summed E-state index contributed by atoms with van der Waals surface area (Å²) in [5.41, 5.74) is 1.05. The average molecular weight is 289 g/mol. The molecule has 0 heterocycles. The van der Waals surface area contributed by atoms with E-state index in [1.54, 1.807) is 19.1 Å². The summed E-state index contributed by atoms with van der Waals surface area (Å²) < 4.78 is 0. The smallest absolute Gasteiger partial charge is 0.335 e. The molecule has 1 aromatic rings. The Morgan fingerprint density at radius 1 is 1.44 bits per heavy atom. The lowest BCUT2D eigenvalue weighted by Gasteiger charge is -2.18. The molecule has 0 amide bonds. The zero-order valence-corrected chi connectivity index (χ0v) is 10.3. The number of carboxylic acids is 1. The molecule has 5 heteroatoms. The third-order valence-corrected chi connectivity index (χ3v) is 3.11. The van der Waals surface area contributed by atoms with Gasteiger partial charge in [-0.2, -0.15) is 0 Å². The maximum Gasteiger partial charge on any atom is 0.335 e. The van der Waals surface area contributed by atoms with Crippen LogP contribution in [0.4, 0.5) is 0 Å². The van der Waals surface area contributed by atoms with E-state index in [1.807, 2.05) is 0 Å². The summed E-state index contributed by atoms with van der Waals surface area (Å²) >= 11 is 3.06. The number of alkyl halides is 1. The van der Waals surface area contributed by atoms with E-state index in [1.165, 1.54) is 6.07 Å². The Bertz CT molecular complexity index is 392. The van der Waals surface area contributed by atoms with E-state index in [0.29, 0.717) is 11.1 Å². The van der Waals surface area contributed by atoms with Crippen LogP contribution in [0.2, 0.25) is 0 Å². The van der Waals surface area contributed by atoms with Gasteiger partial charge in [0.1, 0.15) is 6.10 Å². The van der Waals surface area contributed by atoms with Gasteiger partial charge in [0.25, 0.3) is 0 Å². The quantitative estimate of drug-likeness (QED) is 0.734. The van der Waals surface area contributed by atoms with Crippen molar-refractivity contribution in [2.75, 3.05) is 5.33 Å². The third-order valence-electron chi connectivity index (χ3n) is 2.45. The summed E-state index contributed by atoms with van der Waals surface area (Å²) in [6.07, 6.45) is -2.04. The third kappa shape index (κ3) is 2.61. The number of halogens is 1. The van der Waals surface area contributed by atoms with E-state index in [-0.39, 0.29) is 10.9 Å². The fourth-order valence-electron chi connectivity index (χ4n) is 1.50. The second-order valence-corrected chi connectivity index (χ2v) is 4.14. The number of hydrogen-bond acceptors (Lipinski definition) is 3. The summed E-state index contributed by atoms with van der Waals surface area (Å²) in [5.74, 6) is -1.04. The Labute approximate surface area is 102 Å². The number of aliphatic hydroxyl groups is 2. The normalized spacial score (nSPS) is 14.5. The van der Waals surface area contributed by atoms with E-state index in [9.17, 15) is 15.0 Å². The number of aromatic carboxylic acids is 1. The Morgan fingerprint density at radius 3 is 2.56 bits per heavy atom. The summed E-state index contributed by atoms with van der Waals surface area (Å²) in [6.45, 7) is 1.61. The molecule has 0 bridgehead atoms. The lowest BCUT2D eigenvalue weighted by atomic mass is 9.96. The van der Waals surface area contributed by atoms with E-state index in [4.69, 9.17) is 5.11 Å². The number of aliphatic hydroxyl groups excluding tert-OH is 2. The SMILES string of the molecule is Cc1c(C(=O)O)cccc1C(O)C(O)CBr. The van der Waals surface area contributed by atoms with Gasteiger partial charge in [0, 0.05) is 5.33 Å². The maximum absolute atomic E-state index is 10.9. The first-order chi connectivity index (χ1) is 7.49. The van der Waals surface area contributed by atoms with Crippen molar-refractivity contribution in [3.05, 3.63) is 34.9 Å². The number of carboxylic acid groups (broad SMARTS) is 1. The summed E-state index contributed by atoms with van der Waals surface area (Å²) in [4.78, 5) is 10.9. The Hall–Kier alpha value is -0.910. The maximum atomic E-state index is 10.9. The Balaban J connectivity index is 3.15. The van der Waals surface area contributed by atoms with Gasteiger partial charge in [0.15, 0.2) is 0 Å². The number of carbonyl (C=O) groups is 1. The average Bonchev–Trinajstić information content (AvgIpc) is 2.27. The highest BCUT2D eigenvalue weighted by Gasteiger charge is 2.21. The molecule has 1 aromatic carbocycles. The second kappa shape index (κ2) is 5.43. The van der Waals surface area contributed by atoms with Gasteiger partial charge in [0.2, 0.25) is 0 Å². The Morgan fingerprint density at radius 2 is 2.06 bits per heavy atom. The predicted molar refractivity (Wildman–Crippen MR) is 62.9 cm³/mol. The van der Waals surface area contributed by atoms with Crippen molar-refractivity contribution in [2.24, 2.45) is 0 Å². The van der Waals surface area contributed by atoms with Crippen LogP contribution in [-0.2, 0) is 0 Å². The molecular formula is C11H13BrO4. The molecule has 88 valence electrons. The van der Waals surface area contributed by atoms with Crippen molar-refractivity contribution >= 4 is 21.9 Å². The largest absolute Gasteiger partial charge is 0.478 e. The van der Waals surface area contributed by atoms with Gasteiger partial charge in [-0.15, -0.1) is 0 Å². The van der Waals surface area contributed by atoms with Crippen molar-refractivity contribution in [1.82, 2.24) is 0 Å². The Kier molecular flexibility index (Phi) is 4.46. The molecule has 0 aliphatic rings. The van der Waals surface area contributed by atoms with E-state index in [0.717, 1.165) is 0 Å². The van der Waals surface area contributed by atoms with Crippen LogP contribution in [0.3, 0.4) is 0 Å². The molecule has 0 saturated carbocycles. The standard InChI is InChI=1S/C11H13BrO4/c1-6-7(10(14)9(13)5-12)3-2-4-8(6)11(15)16/h2-4,9-10,13-14H,5H2,1H3,(H,15,16). The predicted octanol–water partition coefficient (Wildman–Crippen LogP) is 1.48. The lowest BCUT2D eigenvalue weighted by Crippen LogP contribution is -2.21. The van der Waals surface area contributed by atoms with Crippen molar-refractivity contribution in [3.63, 3.8) is 0 Å². The lowest BCUT2D eigenvalue weighted by molar-refractivity contribution is 0.0337. The monoisotopic (exact) mass is 288 g/mol. The number of hydrogen-bond donors (Lipinski definition) is 3. The highest BCUT2D eigenvalue weighted by Crippen LogP contribution is 2.24. The number of rotatable bonds is 4. The zero-order chi connectivity index (χ0) is 12.3. The van der Waals surface area contributed by atoms with Gasteiger partial charge in [-0.25, -0.2) is 4.79 Å². The van der Waals surface area contributed by atoms with Gasteiger partial charge in [-0.1, -0.05) is 28.1 Å². The van der Waals surface area contributed by atoms with Crippen LogP contribution >= 0.6 is 15.9 Å². The highest BCUT2D eigenvalue weighted by molar-refractivity contribution is 9.09. The molecule has 1 rings (SSSR count). The van der Waals surface area contributed by atoms with E-state index in [2.05, 4.69) is 15.9 Å². The molecular weight excluding hydrogens is 276 g/mol. The van der Waals surface area contributed by atoms with Gasteiger partial charge in [-0.3, -0.25) is 0 Å². The van der Waals surface area contributed by atoms with Crippen LogP contribution in [0, 0.1) is 6.92 Å². The van der Waals surface area contributed by atoms with Crippen molar-refractivity contribution in [3.8, 4) is 0 Å². The van der Waals surface area contributed by atoms with Crippen LogP contribution in [0.15, 0.2) is 18.2 Å².